The number of methoxy groups -OCH3 is 2. The Morgan fingerprint density at radius 2 is 1.68 bits per heavy atom. The molecule has 0 spiro atoms. The predicted octanol–water partition coefficient (Wildman–Crippen LogP) is 2.63. The molecule has 0 aliphatic carbocycles. The lowest BCUT2D eigenvalue weighted by atomic mass is 9.99. The number of benzene rings is 3. The van der Waals surface area contributed by atoms with Crippen molar-refractivity contribution < 1.29 is 53.3 Å². The van der Waals surface area contributed by atoms with Crippen molar-refractivity contribution in [3.05, 3.63) is 88.6 Å². The molecule has 1 aliphatic rings. The number of hydrogen-bond acceptors (Lipinski definition) is 12. The second-order valence-corrected chi connectivity index (χ2v) is 9.78. The SMILES string of the molecule is COc1cc(O)c2c(=O)cc(-c3ccccc3O[C@@H]3O[C@@H](CO)[C@@H](O)[C@H](OC(=O)/C=C\c4ccccc4)[C@H]3O)oc2c1OC. The van der Waals surface area contributed by atoms with Gasteiger partial charge in [0, 0.05) is 18.2 Å². The normalized spacial score (nSPS) is 21.7. The number of rotatable bonds is 9. The third-order valence-corrected chi connectivity index (χ3v) is 7.01. The van der Waals surface area contributed by atoms with Gasteiger partial charge < -0.3 is 48.5 Å². The number of phenolic OH excluding ortho intramolecular Hbond substituents is 1. The summed E-state index contributed by atoms with van der Waals surface area (Å²) in [5.74, 6) is -0.910. The van der Waals surface area contributed by atoms with Crippen LogP contribution in [0.2, 0.25) is 0 Å². The van der Waals surface area contributed by atoms with Gasteiger partial charge in [0.2, 0.25) is 12.0 Å². The lowest BCUT2D eigenvalue weighted by Crippen LogP contribution is -2.61. The number of carbonyl (C=O) groups excluding carboxylic acids is 1. The Kier molecular flexibility index (Phi) is 9.16. The van der Waals surface area contributed by atoms with E-state index in [4.69, 9.17) is 28.1 Å². The van der Waals surface area contributed by atoms with Gasteiger partial charge in [-0.05, 0) is 23.8 Å². The Morgan fingerprint density at radius 3 is 2.39 bits per heavy atom. The topological polar surface area (TPSA) is 174 Å². The molecule has 1 aromatic heterocycles. The van der Waals surface area contributed by atoms with Crippen LogP contribution in [-0.4, -0.2) is 77.9 Å². The first-order valence-corrected chi connectivity index (χ1v) is 13.5. The number of carbonyl (C=O) groups is 1. The zero-order chi connectivity index (χ0) is 31.4. The maximum atomic E-state index is 13.1. The van der Waals surface area contributed by atoms with Crippen molar-refractivity contribution >= 4 is 23.0 Å². The minimum Gasteiger partial charge on any atom is -0.507 e. The van der Waals surface area contributed by atoms with Gasteiger partial charge in [0.05, 0.1) is 26.4 Å². The van der Waals surface area contributed by atoms with E-state index in [2.05, 4.69) is 0 Å². The molecule has 5 atom stereocenters. The molecule has 1 aliphatic heterocycles. The molecule has 12 nitrogen and oxygen atoms in total. The monoisotopic (exact) mass is 606 g/mol. The molecule has 5 rings (SSSR count). The van der Waals surface area contributed by atoms with Crippen LogP contribution in [0.3, 0.4) is 0 Å². The molecule has 0 bridgehead atoms. The van der Waals surface area contributed by atoms with Crippen LogP contribution in [0, 0.1) is 0 Å². The highest BCUT2D eigenvalue weighted by Gasteiger charge is 2.48. The summed E-state index contributed by atoms with van der Waals surface area (Å²) < 4.78 is 33.6. The number of aliphatic hydroxyl groups is 3. The Balaban J connectivity index is 1.45. The van der Waals surface area contributed by atoms with Crippen LogP contribution < -0.4 is 19.6 Å². The van der Waals surface area contributed by atoms with E-state index in [1.54, 1.807) is 42.5 Å². The molecule has 0 unspecified atom stereocenters. The summed E-state index contributed by atoms with van der Waals surface area (Å²) in [6, 6.07) is 17.7. The standard InChI is InChI=1S/C32H30O12/c1-39-23-15-20(35)26-19(34)14-22(41-30(26)29(23)40-2)18-10-6-7-11-21(18)42-32-28(38)31(27(37)24(16-33)43-32)44-25(36)13-12-17-8-4-3-5-9-17/h3-15,24,27-28,31-33,35,37-38H,16H2,1-2H3/b13-12-/t24-,27+,28+,31-,32+/m0/s1. The third-order valence-electron chi connectivity index (χ3n) is 7.01. The maximum Gasteiger partial charge on any atom is 0.331 e. The Labute approximate surface area is 250 Å². The zero-order valence-electron chi connectivity index (χ0n) is 23.7. The number of hydrogen-bond donors (Lipinski definition) is 4. The van der Waals surface area contributed by atoms with Crippen LogP contribution in [0.4, 0.5) is 0 Å². The van der Waals surface area contributed by atoms with Gasteiger partial charge in [-0.1, -0.05) is 42.5 Å². The average Bonchev–Trinajstić information content (AvgIpc) is 3.03. The highest BCUT2D eigenvalue weighted by Crippen LogP contribution is 2.42. The van der Waals surface area contributed by atoms with Crippen molar-refractivity contribution in [1.82, 2.24) is 0 Å². The summed E-state index contributed by atoms with van der Waals surface area (Å²) in [5, 5.41) is 42.0. The van der Waals surface area contributed by atoms with Crippen LogP contribution >= 0.6 is 0 Å². The molecule has 1 fully saturated rings. The lowest BCUT2D eigenvalue weighted by Gasteiger charge is -2.41. The molecule has 1 saturated heterocycles. The summed E-state index contributed by atoms with van der Waals surface area (Å²) >= 11 is 0. The second-order valence-electron chi connectivity index (χ2n) is 9.78. The Morgan fingerprint density at radius 1 is 0.955 bits per heavy atom. The van der Waals surface area contributed by atoms with Crippen LogP contribution in [0.15, 0.2) is 82.0 Å². The van der Waals surface area contributed by atoms with E-state index >= 15 is 0 Å². The highest BCUT2D eigenvalue weighted by molar-refractivity contribution is 5.92. The number of phenols is 1. The van der Waals surface area contributed by atoms with Crippen LogP contribution in [0.1, 0.15) is 5.56 Å². The van der Waals surface area contributed by atoms with Gasteiger partial charge in [-0.3, -0.25) is 4.79 Å². The molecule has 230 valence electrons. The second kappa shape index (κ2) is 13.2. The maximum absolute atomic E-state index is 13.1. The van der Waals surface area contributed by atoms with E-state index in [9.17, 15) is 30.0 Å². The number of ether oxygens (including phenoxy) is 5. The summed E-state index contributed by atoms with van der Waals surface area (Å²) in [6.45, 7) is -0.673. The van der Waals surface area contributed by atoms with Crippen LogP contribution in [0.5, 0.6) is 23.0 Å². The van der Waals surface area contributed by atoms with E-state index in [1.807, 2.05) is 6.07 Å². The quantitative estimate of drug-likeness (QED) is 0.162. The number of para-hydroxylation sites is 1. The Hall–Kier alpha value is -4.88. The van der Waals surface area contributed by atoms with E-state index in [0.29, 0.717) is 0 Å². The van der Waals surface area contributed by atoms with Gasteiger partial charge in [0.25, 0.3) is 0 Å². The molecule has 0 amide bonds. The van der Waals surface area contributed by atoms with Crippen molar-refractivity contribution in [3.8, 4) is 34.3 Å². The smallest absolute Gasteiger partial charge is 0.331 e. The van der Waals surface area contributed by atoms with Gasteiger partial charge in [0.15, 0.2) is 29.0 Å². The van der Waals surface area contributed by atoms with E-state index in [1.165, 1.54) is 32.4 Å². The first kappa shape index (κ1) is 30.6. The fourth-order valence-electron chi connectivity index (χ4n) is 4.84. The number of fused-ring (bicyclic) bond motifs is 1. The van der Waals surface area contributed by atoms with Crippen molar-refractivity contribution in [2.45, 2.75) is 30.7 Å². The van der Waals surface area contributed by atoms with Crippen molar-refractivity contribution in [3.63, 3.8) is 0 Å². The van der Waals surface area contributed by atoms with Crippen molar-refractivity contribution in [2.24, 2.45) is 0 Å². The van der Waals surface area contributed by atoms with Gasteiger partial charge in [-0.2, -0.15) is 0 Å². The minimum absolute atomic E-state index is 0.0159. The molecule has 12 heteroatoms. The van der Waals surface area contributed by atoms with Crippen LogP contribution in [0.25, 0.3) is 28.4 Å². The first-order chi connectivity index (χ1) is 21.2. The van der Waals surface area contributed by atoms with E-state index in [0.717, 1.165) is 17.7 Å². The molecular weight excluding hydrogens is 576 g/mol. The van der Waals surface area contributed by atoms with Gasteiger partial charge in [0.1, 0.15) is 34.9 Å². The molecule has 44 heavy (non-hydrogen) atoms. The van der Waals surface area contributed by atoms with E-state index in [-0.39, 0.29) is 45.3 Å². The molecule has 4 N–H and O–H groups in total. The molecular formula is C32H30O12. The molecule has 0 radical (unpaired) electrons. The highest BCUT2D eigenvalue weighted by atomic mass is 16.7. The van der Waals surface area contributed by atoms with Crippen molar-refractivity contribution in [1.29, 1.82) is 0 Å². The first-order valence-electron chi connectivity index (χ1n) is 13.5. The number of aliphatic hydroxyl groups excluding tert-OH is 3. The molecule has 2 heterocycles. The summed E-state index contributed by atoms with van der Waals surface area (Å²) in [4.78, 5) is 25.7. The average molecular weight is 607 g/mol. The zero-order valence-corrected chi connectivity index (χ0v) is 23.7. The molecule has 0 saturated carbocycles. The van der Waals surface area contributed by atoms with Crippen molar-refractivity contribution in [2.75, 3.05) is 20.8 Å². The molecule has 4 aromatic rings. The van der Waals surface area contributed by atoms with E-state index < -0.39 is 48.7 Å². The largest absolute Gasteiger partial charge is 0.507 e. The summed E-state index contributed by atoms with van der Waals surface area (Å²) in [6.07, 6.45) is -4.94. The third kappa shape index (κ3) is 6.10. The minimum atomic E-state index is -1.69. The summed E-state index contributed by atoms with van der Waals surface area (Å²) in [7, 11) is 2.72. The fraction of sp³-hybridized carbons (Fsp3) is 0.250. The molecule has 3 aromatic carbocycles. The van der Waals surface area contributed by atoms with Crippen LogP contribution in [-0.2, 0) is 14.3 Å². The number of aromatic hydroxyl groups is 1. The Bertz CT molecular complexity index is 1710. The fourth-order valence-corrected chi connectivity index (χ4v) is 4.84. The van der Waals surface area contributed by atoms with Gasteiger partial charge in [-0.15, -0.1) is 0 Å². The van der Waals surface area contributed by atoms with Gasteiger partial charge >= 0.3 is 5.97 Å². The summed E-state index contributed by atoms with van der Waals surface area (Å²) in [5.41, 5.74) is 0.324. The number of esters is 1. The lowest BCUT2D eigenvalue weighted by molar-refractivity contribution is -0.280. The predicted molar refractivity (Wildman–Crippen MR) is 156 cm³/mol. The van der Waals surface area contributed by atoms with Gasteiger partial charge in [-0.25, -0.2) is 4.79 Å².